The van der Waals surface area contributed by atoms with Crippen molar-refractivity contribution in [2.45, 2.75) is 20.3 Å². The zero-order chi connectivity index (χ0) is 13.8. The largest absolute Gasteiger partial charge is 0.508 e. The SMILES string of the molecule is Cc1cc(NC(=O)Cc2ccncc2)c(C)cc1O. The number of anilines is 1. The maximum absolute atomic E-state index is 11.9. The van der Waals surface area contributed by atoms with E-state index in [1.807, 2.05) is 19.1 Å². The average molecular weight is 256 g/mol. The number of carbonyl (C=O) groups excluding carboxylic acids is 1. The fourth-order valence-electron chi connectivity index (χ4n) is 1.82. The van der Waals surface area contributed by atoms with Gasteiger partial charge < -0.3 is 10.4 Å². The summed E-state index contributed by atoms with van der Waals surface area (Å²) in [7, 11) is 0. The summed E-state index contributed by atoms with van der Waals surface area (Å²) in [6.45, 7) is 3.65. The Balaban J connectivity index is 2.09. The van der Waals surface area contributed by atoms with Crippen molar-refractivity contribution in [3.63, 3.8) is 0 Å². The van der Waals surface area contributed by atoms with E-state index in [1.165, 1.54) is 0 Å². The van der Waals surface area contributed by atoms with Gasteiger partial charge >= 0.3 is 0 Å². The second-order valence-corrected chi connectivity index (χ2v) is 4.53. The van der Waals surface area contributed by atoms with Crippen LogP contribution in [0.3, 0.4) is 0 Å². The molecule has 0 saturated heterocycles. The normalized spacial score (nSPS) is 10.2. The molecule has 0 atom stereocenters. The Hall–Kier alpha value is -2.36. The molecule has 0 unspecified atom stereocenters. The number of hydrogen-bond donors (Lipinski definition) is 2. The quantitative estimate of drug-likeness (QED) is 0.830. The molecule has 98 valence electrons. The van der Waals surface area contributed by atoms with Crippen LogP contribution >= 0.6 is 0 Å². The van der Waals surface area contributed by atoms with Crippen LogP contribution in [0, 0.1) is 13.8 Å². The lowest BCUT2D eigenvalue weighted by atomic mass is 10.1. The maximum atomic E-state index is 11.9. The molecule has 0 radical (unpaired) electrons. The number of aromatic hydroxyl groups is 1. The molecule has 0 aliphatic heterocycles. The van der Waals surface area contributed by atoms with E-state index >= 15 is 0 Å². The summed E-state index contributed by atoms with van der Waals surface area (Å²) in [5, 5.41) is 12.4. The highest BCUT2D eigenvalue weighted by Gasteiger charge is 2.08. The maximum Gasteiger partial charge on any atom is 0.228 e. The third kappa shape index (κ3) is 3.31. The van der Waals surface area contributed by atoms with Gasteiger partial charge in [0, 0.05) is 18.1 Å². The van der Waals surface area contributed by atoms with Gasteiger partial charge in [0.2, 0.25) is 5.91 Å². The molecule has 2 aromatic rings. The van der Waals surface area contributed by atoms with Crippen molar-refractivity contribution in [2.24, 2.45) is 0 Å². The molecule has 4 nitrogen and oxygen atoms in total. The van der Waals surface area contributed by atoms with E-state index < -0.39 is 0 Å². The van der Waals surface area contributed by atoms with E-state index in [1.54, 1.807) is 31.5 Å². The number of aryl methyl sites for hydroxylation is 2. The first kappa shape index (κ1) is 13.1. The highest BCUT2D eigenvalue weighted by molar-refractivity contribution is 5.93. The summed E-state index contributed by atoms with van der Waals surface area (Å²) < 4.78 is 0. The third-order valence-electron chi connectivity index (χ3n) is 2.93. The summed E-state index contributed by atoms with van der Waals surface area (Å²) in [4.78, 5) is 15.8. The van der Waals surface area contributed by atoms with Gasteiger partial charge in [0.15, 0.2) is 0 Å². The predicted octanol–water partition coefficient (Wildman–Crippen LogP) is 2.59. The van der Waals surface area contributed by atoms with Gasteiger partial charge in [-0.05, 0) is 54.8 Å². The Kier molecular flexibility index (Phi) is 3.80. The van der Waals surface area contributed by atoms with Crippen LogP contribution in [-0.4, -0.2) is 16.0 Å². The van der Waals surface area contributed by atoms with Crippen LogP contribution in [-0.2, 0) is 11.2 Å². The average Bonchev–Trinajstić information content (AvgIpc) is 2.37. The van der Waals surface area contributed by atoms with Gasteiger partial charge in [-0.25, -0.2) is 0 Å². The first-order chi connectivity index (χ1) is 9.06. The van der Waals surface area contributed by atoms with Crippen molar-refractivity contribution in [3.05, 3.63) is 53.3 Å². The highest BCUT2D eigenvalue weighted by Crippen LogP contribution is 2.25. The molecule has 19 heavy (non-hydrogen) atoms. The first-order valence-corrected chi connectivity index (χ1v) is 6.05. The molecule has 1 aromatic carbocycles. The van der Waals surface area contributed by atoms with Gasteiger partial charge in [-0.3, -0.25) is 9.78 Å². The van der Waals surface area contributed by atoms with Crippen LogP contribution in [0.25, 0.3) is 0 Å². The van der Waals surface area contributed by atoms with Gasteiger partial charge in [-0.15, -0.1) is 0 Å². The van der Waals surface area contributed by atoms with E-state index in [0.717, 1.165) is 22.4 Å². The molecule has 0 fully saturated rings. The molecule has 0 aliphatic carbocycles. The van der Waals surface area contributed by atoms with E-state index in [9.17, 15) is 9.90 Å². The number of amides is 1. The monoisotopic (exact) mass is 256 g/mol. The number of nitrogens with zero attached hydrogens (tertiary/aromatic N) is 1. The van der Waals surface area contributed by atoms with Crippen molar-refractivity contribution >= 4 is 11.6 Å². The lowest BCUT2D eigenvalue weighted by Gasteiger charge is -2.10. The Bertz CT molecular complexity index is 595. The second-order valence-electron chi connectivity index (χ2n) is 4.53. The van der Waals surface area contributed by atoms with E-state index in [0.29, 0.717) is 6.42 Å². The number of aromatic nitrogens is 1. The number of pyridine rings is 1. The number of carbonyl (C=O) groups is 1. The topological polar surface area (TPSA) is 62.2 Å². The lowest BCUT2D eigenvalue weighted by molar-refractivity contribution is -0.115. The molecule has 1 aromatic heterocycles. The van der Waals surface area contributed by atoms with Gasteiger partial charge in [0.05, 0.1) is 6.42 Å². The Morgan fingerprint density at radius 2 is 1.89 bits per heavy atom. The standard InChI is InChI=1S/C15H16N2O2/c1-10-8-14(18)11(2)7-13(10)17-15(19)9-12-3-5-16-6-4-12/h3-8,18H,9H2,1-2H3,(H,17,19). The molecule has 1 heterocycles. The van der Waals surface area contributed by atoms with Crippen molar-refractivity contribution < 1.29 is 9.90 Å². The first-order valence-electron chi connectivity index (χ1n) is 6.05. The van der Waals surface area contributed by atoms with E-state index in [4.69, 9.17) is 0 Å². The number of rotatable bonds is 3. The molecule has 2 N–H and O–H groups in total. The summed E-state index contributed by atoms with van der Waals surface area (Å²) in [6.07, 6.45) is 3.64. The fourth-order valence-corrected chi connectivity index (χ4v) is 1.82. The van der Waals surface area contributed by atoms with Crippen LogP contribution in [0.2, 0.25) is 0 Å². The lowest BCUT2D eigenvalue weighted by Crippen LogP contribution is -2.15. The molecule has 0 saturated carbocycles. The molecular weight excluding hydrogens is 240 g/mol. The minimum atomic E-state index is -0.0839. The number of phenolic OH excluding ortho intramolecular Hbond substituents is 1. The molecule has 1 amide bonds. The summed E-state index contributed by atoms with van der Waals surface area (Å²) in [5.74, 6) is 0.157. The number of benzene rings is 1. The summed E-state index contributed by atoms with van der Waals surface area (Å²) in [6, 6.07) is 7.05. The Morgan fingerprint density at radius 3 is 2.58 bits per heavy atom. The molecule has 0 bridgehead atoms. The van der Waals surface area contributed by atoms with Crippen LogP contribution in [0.4, 0.5) is 5.69 Å². The van der Waals surface area contributed by atoms with Crippen molar-refractivity contribution in [3.8, 4) is 5.75 Å². The van der Waals surface area contributed by atoms with E-state index in [2.05, 4.69) is 10.3 Å². The van der Waals surface area contributed by atoms with Crippen LogP contribution in [0.1, 0.15) is 16.7 Å². The van der Waals surface area contributed by atoms with Crippen LogP contribution in [0.15, 0.2) is 36.7 Å². The highest BCUT2D eigenvalue weighted by atomic mass is 16.3. The Morgan fingerprint density at radius 1 is 1.21 bits per heavy atom. The second kappa shape index (κ2) is 5.52. The van der Waals surface area contributed by atoms with Gasteiger partial charge in [0.1, 0.15) is 5.75 Å². The molecule has 0 aliphatic rings. The van der Waals surface area contributed by atoms with E-state index in [-0.39, 0.29) is 11.7 Å². The third-order valence-corrected chi connectivity index (χ3v) is 2.93. The van der Waals surface area contributed by atoms with Crippen LogP contribution < -0.4 is 5.32 Å². The minimum absolute atomic E-state index is 0.0839. The number of hydrogen-bond acceptors (Lipinski definition) is 3. The molecule has 0 spiro atoms. The van der Waals surface area contributed by atoms with Crippen molar-refractivity contribution in [1.82, 2.24) is 4.98 Å². The zero-order valence-electron chi connectivity index (χ0n) is 11.0. The molecule has 4 heteroatoms. The van der Waals surface area contributed by atoms with Crippen molar-refractivity contribution in [2.75, 3.05) is 5.32 Å². The fraction of sp³-hybridized carbons (Fsp3) is 0.200. The smallest absolute Gasteiger partial charge is 0.228 e. The zero-order valence-corrected chi connectivity index (χ0v) is 11.0. The van der Waals surface area contributed by atoms with Crippen molar-refractivity contribution in [1.29, 1.82) is 0 Å². The number of phenols is 1. The Labute approximate surface area is 112 Å². The minimum Gasteiger partial charge on any atom is -0.508 e. The van der Waals surface area contributed by atoms with Gasteiger partial charge in [-0.2, -0.15) is 0 Å². The number of nitrogens with one attached hydrogen (secondary N) is 1. The van der Waals surface area contributed by atoms with Gasteiger partial charge in [0.25, 0.3) is 0 Å². The summed E-state index contributed by atoms with van der Waals surface area (Å²) >= 11 is 0. The summed E-state index contributed by atoms with van der Waals surface area (Å²) in [5.41, 5.74) is 3.23. The van der Waals surface area contributed by atoms with Crippen LogP contribution in [0.5, 0.6) is 5.75 Å². The molecular formula is C15H16N2O2. The predicted molar refractivity (Wildman–Crippen MR) is 74.2 cm³/mol. The molecule has 2 rings (SSSR count). The van der Waals surface area contributed by atoms with Gasteiger partial charge in [-0.1, -0.05) is 0 Å².